The second-order valence-electron chi connectivity index (χ2n) is 7.54. The fourth-order valence-corrected chi connectivity index (χ4v) is 3.92. The third-order valence-electron chi connectivity index (χ3n) is 5.54. The van der Waals surface area contributed by atoms with Crippen molar-refractivity contribution in [3.8, 4) is 5.75 Å². The first-order valence-electron chi connectivity index (χ1n) is 9.79. The molecule has 2 saturated heterocycles. The van der Waals surface area contributed by atoms with E-state index in [1.165, 1.54) is 26.0 Å². The van der Waals surface area contributed by atoms with E-state index < -0.39 is 5.60 Å². The Bertz CT molecular complexity index is 651. The minimum absolute atomic E-state index is 0.137. The Labute approximate surface area is 160 Å². The van der Waals surface area contributed by atoms with Crippen molar-refractivity contribution in [1.82, 2.24) is 15.1 Å². The lowest BCUT2D eigenvalue weighted by atomic mass is 9.91. The molecule has 3 rings (SSSR count). The highest BCUT2D eigenvalue weighted by Crippen LogP contribution is 2.25. The third kappa shape index (κ3) is 4.97. The van der Waals surface area contributed by atoms with Crippen LogP contribution in [0.1, 0.15) is 31.2 Å². The summed E-state index contributed by atoms with van der Waals surface area (Å²) < 4.78 is 19.2. The van der Waals surface area contributed by atoms with Crippen LogP contribution in [0, 0.1) is 5.82 Å². The SMILES string of the molecule is COc1ccc(F)c(CN2CCC[C@@](O)(CNCCN3CCCC3)C2=O)c1. The van der Waals surface area contributed by atoms with E-state index in [1.807, 2.05) is 0 Å². The molecule has 0 spiro atoms. The van der Waals surface area contributed by atoms with Crippen LogP contribution in [0.2, 0.25) is 0 Å². The molecular weight excluding hydrogens is 349 g/mol. The predicted octanol–water partition coefficient (Wildman–Crippen LogP) is 1.37. The predicted molar refractivity (Wildman–Crippen MR) is 101 cm³/mol. The molecule has 6 nitrogen and oxygen atoms in total. The first-order valence-corrected chi connectivity index (χ1v) is 9.79. The zero-order valence-corrected chi connectivity index (χ0v) is 16.0. The fraction of sp³-hybridized carbons (Fsp3) is 0.650. The van der Waals surface area contributed by atoms with Gasteiger partial charge in [0.1, 0.15) is 11.6 Å². The number of piperidine rings is 1. The molecule has 0 aliphatic carbocycles. The summed E-state index contributed by atoms with van der Waals surface area (Å²) in [4.78, 5) is 16.8. The molecule has 2 aliphatic rings. The van der Waals surface area contributed by atoms with Crippen LogP contribution < -0.4 is 10.1 Å². The highest BCUT2D eigenvalue weighted by molar-refractivity contribution is 5.86. The average Bonchev–Trinajstić information content (AvgIpc) is 3.18. The number of carbonyl (C=O) groups excluding carboxylic acids is 1. The van der Waals surface area contributed by atoms with E-state index in [9.17, 15) is 14.3 Å². The number of benzene rings is 1. The smallest absolute Gasteiger partial charge is 0.256 e. The second-order valence-corrected chi connectivity index (χ2v) is 7.54. The molecule has 2 aliphatic heterocycles. The quantitative estimate of drug-likeness (QED) is 0.668. The van der Waals surface area contributed by atoms with E-state index in [0.29, 0.717) is 30.7 Å². The molecule has 0 radical (unpaired) electrons. The monoisotopic (exact) mass is 379 g/mol. The van der Waals surface area contributed by atoms with Crippen LogP contribution in [-0.4, -0.2) is 72.8 Å². The number of amides is 1. The minimum atomic E-state index is -1.42. The van der Waals surface area contributed by atoms with Gasteiger partial charge in [-0.15, -0.1) is 0 Å². The van der Waals surface area contributed by atoms with Gasteiger partial charge in [0, 0.05) is 38.3 Å². The van der Waals surface area contributed by atoms with Crippen molar-refractivity contribution in [3.63, 3.8) is 0 Å². The lowest BCUT2D eigenvalue weighted by molar-refractivity contribution is -0.157. The summed E-state index contributed by atoms with van der Waals surface area (Å²) >= 11 is 0. The first kappa shape index (κ1) is 20.0. The summed E-state index contributed by atoms with van der Waals surface area (Å²) in [6.45, 7) is 4.83. The lowest BCUT2D eigenvalue weighted by Crippen LogP contribution is -2.58. The summed E-state index contributed by atoms with van der Waals surface area (Å²) in [7, 11) is 1.52. The molecule has 2 fully saturated rings. The molecule has 27 heavy (non-hydrogen) atoms. The molecule has 1 amide bonds. The molecule has 2 heterocycles. The zero-order chi connectivity index (χ0) is 19.3. The molecule has 1 aromatic carbocycles. The van der Waals surface area contributed by atoms with Crippen molar-refractivity contribution in [2.45, 2.75) is 37.8 Å². The highest BCUT2D eigenvalue weighted by atomic mass is 19.1. The number of nitrogens with one attached hydrogen (secondary N) is 1. The Balaban J connectivity index is 1.55. The Morgan fingerprint density at radius 1 is 1.26 bits per heavy atom. The molecule has 1 aromatic rings. The largest absolute Gasteiger partial charge is 0.497 e. The Morgan fingerprint density at radius 3 is 2.78 bits per heavy atom. The number of hydrogen-bond acceptors (Lipinski definition) is 5. The van der Waals surface area contributed by atoms with Crippen molar-refractivity contribution < 1.29 is 19.0 Å². The van der Waals surface area contributed by atoms with Gasteiger partial charge in [-0.05, 0) is 57.0 Å². The van der Waals surface area contributed by atoms with Crippen molar-refractivity contribution in [2.75, 3.05) is 46.4 Å². The lowest BCUT2D eigenvalue weighted by Gasteiger charge is -2.38. The number of aliphatic hydroxyl groups is 1. The Hall–Kier alpha value is -1.70. The first-order chi connectivity index (χ1) is 13.0. The van der Waals surface area contributed by atoms with E-state index >= 15 is 0 Å². The van der Waals surface area contributed by atoms with Gasteiger partial charge in [-0.2, -0.15) is 0 Å². The van der Waals surface area contributed by atoms with E-state index in [0.717, 1.165) is 26.2 Å². The van der Waals surface area contributed by atoms with Gasteiger partial charge in [0.25, 0.3) is 5.91 Å². The number of methoxy groups -OCH3 is 1. The zero-order valence-electron chi connectivity index (χ0n) is 16.0. The van der Waals surface area contributed by atoms with Crippen molar-refractivity contribution >= 4 is 5.91 Å². The van der Waals surface area contributed by atoms with E-state index in [-0.39, 0.29) is 24.8 Å². The van der Waals surface area contributed by atoms with Gasteiger partial charge < -0.3 is 25.0 Å². The second kappa shape index (κ2) is 8.99. The molecule has 0 aromatic heterocycles. The van der Waals surface area contributed by atoms with Crippen LogP contribution in [0.4, 0.5) is 4.39 Å². The van der Waals surface area contributed by atoms with Crippen LogP contribution in [0.15, 0.2) is 18.2 Å². The number of hydrogen-bond donors (Lipinski definition) is 2. The van der Waals surface area contributed by atoms with Gasteiger partial charge >= 0.3 is 0 Å². The Kier molecular flexibility index (Phi) is 6.68. The van der Waals surface area contributed by atoms with Gasteiger partial charge in [-0.3, -0.25) is 4.79 Å². The summed E-state index contributed by atoms with van der Waals surface area (Å²) in [6.07, 6.45) is 3.62. The number of likely N-dealkylation sites (tertiary alicyclic amines) is 2. The van der Waals surface area contributed by atoms with Crippen molar-refractivity contribution in [3.05, 3.63) is 29.6 Å². The number of carbonyl (C=O) groups is 1. The van der Waals surface area contributed by atoms with Crippen LogP contribution in [-0.2, 0) is 11.3 Å². The highest BCUT2D eigenvalue weighted by Gasteiger charge is 2.41. The third-order valence-corrected chi connectivity index (χ3v) is 5.54. The number of nitrogens with zero attached hydrogens (tertiary/aromatic N) is 2. The van der Waals surface area contributed by atoms with Crippen LogP contribution >= 0.6 is 0 Å². The molecule has 1 atom stereocenters. The van der Waals surface area contributed by atoms with E-state index in [2.05, 4.69) is 10.2 Å². The molecule has 0 saturated carbocycles. The van der Waals surface area contributed by atoms with Gasteiger partial charge in [-0.25, -0.2) is 4.39 Å². The van der Waals surface area contributed by atoms with Crippen molar-refractivity contribution in [1.29, 1.82) is 0 Å². The number of halogens is 1. The average molecular weight is 379 g/mol. The van der Waals surface area contributed by atoms with E-state index in [1.54, 1.807) is 17.0 Å². The van der Waals surface area contributed by atoms with Crippen molar-refractivity contribution in [2.24, 2.45) is 0 Å². The maximum absolute atomic E-state index is 14.1. The number of ether oxygens (including phenoxy) is 1. The topological polar surface area (TPSA) is 65.0 Å². The summed E-state index contributed by atoms with van der Waals surface area (Å²) in [5.41, 5.74) is -1.02. The van der Waals surface area contributed by atoms with Gasteiger partial charge in [0.05, 0.1) is 7.11 Å². The van der Waals surface area contributed by atoms with Crippen LogP contribution in [0.5, 0.6) is 5.75 Å². The standard InChI is InChI=1S/C20H30FN3O3/c1-27-17-5-6-18(21)16(13-17)14-24-11-4-7-20(26,19(24)25)15-22-8-12-23-9-2-3-10-23/h5-6,13,22,26H,2-4,7-12,14-15H2,1H3/t20-/m1/s1. The van der Waals surface area contributed by atoms with E-state index in [4.69, 9.17) is 4.74 Å². The normalized spacial score (nSPS) is 23.8. The molecule has 0 bridgehead atoms. The maximum Gasteiger partial charge on any atom is 0.256 e. The summed E-state index contributed by atoms with van der Waals surface area (Å²) in [5, 5.41) is 14.1. The molecule has 150 valence electrons. The molecule has 0 unspecified atom stereocenters. The van der Waals surface area contributed by atoms with Gasteiger partial charge in [0.15, 0.2) is 5.60 Å². The van der Waals surface area contributed by atoms with Crippen LogP contribution in [0.25, 0.3) is 0 Å². The van der Waals surface area contributed by atoms with Gasteiger partial charge in [0.2, 0.25) is 0 Å². The van der Waals surface area contributed by atoms with Gasteiger partial charge in [-0.1, -0.05) is 0 Å². The number of rotatable bonds is 8. The molecule has 2 N–H and O–H groups in total. The summed E-state index contributed by atoms with van der Waals surface area (Å²) in [5.74, 6) is -0.152. The maximum atomic E-state index is 14.1. The minimum Gasteiger partial charge on any atom is -0.497 e. The summed E-state index contributed by atoms with van der Waals surface area (Å²) in [6, 6.07) is 4.50. The molecular formula is C20H30FN3O3. The van der Waals surface area contributed by atoms with Crippen LogP contribution in [0.3, 0.4) is 0 Å². The fourth-order valence-electron chi connectivity index (χ4n) is 3.92. The molecule has 7 heteroatoms. The Morgan fingerprint density at radius 2 is 2.04 bits per heavy atom.